The van der Waals surface area contributed by atoms with Crippen LogP contribution in [0.25, 0.3) is 0 Å². The van der Waals surface area contributed by atoms with Crippen molar-refractivity contribution in [2.24, 2.45) is 0 Å². The van der Waals surface area contributed by atoms with Crippen LogP contribution in [0.3, 0.4) is 0 Å². The number of aromatic nitrogens is 2. The Balaban J connectivity index is 2.57. The van der Waals surface area contributed by atoms with E-state index in [4.69, 9.17) is 0 Å². The highest BCUT2D eigenvalue weighted by Gasteiger charge is 1.99. The number of hydrogen-bond acceptors (Lipinski definition) is 3. The maximum Gasteiger partial charge on any atom is 0.281 e. The number of rotatable bonds is 3. The van der Waals surface area contributed by atoms with Gasteiger partial charge in [0.05, 0.1) is 0 Å². The molecule has 0 saturated heterocycles. The van der Waals surface area contributed by atoms with E-state index in [0.29, 0.717) is 5.69 Å². The van der Waals surface area contributed by atoms with Gasteiger partial charge >= 0.3 is 0 Å². The second kappa shape index (κ2) is 3.51. The predicted molar refractivity (Wildman–Crippen MR) is 41.3 cm³/mol. The quantitative estimate of drug-likeness (QED) is 0.717. The topological polar surface area (TPSA) is 45.8 Å². The summed E-state index contributed by atoms with van der Waals surface area (Å²) in [6.07, 6.45) is 2.97. The molecule has 1 N–H and O–H groups in total. The van der Waals surface area contributed by atoms with E-state index in [2.05, 4.69) is 15.7 Å². The van der Waals surface area contributed by atoms with E-state index in [9.17, 15) is 4.79 Å². The van der Waals surface area contributed by atoms with Gasteiger partial charge in [0.25, 0.3) is 5.56 Å². The molecule has 3 nitrogen and oxygen atoms in total. The first-order chi connectivity index (χ1) is 4.84. The zero-order valence-electron chi connectivity index (χ0n) is 5.89. The van der Waals surface area contributed by atoms with Crippen molar-refractivity contribution in [1.29, 1.82) is 0 Å². The molecule has 0 aliphatic rings. The van der Waals surface area contributed by atoms with Crippen molar-refractivity contribution >= 4 is 11.7 Å². The van der Waals surface area contributed by atoms with Gasteiger partial charge in [0, 0.05) is 11.7 Å². The molecule has 56 valence electrons. The standard InChI is InChI=1S/C6H10N2OS/c1-2-3-4-5-6(9)8-10-7-5/h2-4H2,1H3,(H,8,9). The number of nitrogens with zero attached hydrogens (tertiary/aromatic N) is 1. The summed E-state index contributed by atoms with van der Waals surface area (Å²) in [4.78, 5) is 10.8. The molecule has 0 aliphatic carbocycles. The Bertz CT molecular complexity index is 240. The third-order valence-corrected chi connectivity index (χ3v) is 1.91. The van der Waals surface area contributed by atoms with E-state index in [1.807, 2.05) is 0 Å². The van der Waals surface area contributed by atoms with Gasteiger partial charge in [-0.25, -0.2) is 0 Å². The molecular weight excluding hydrogens is 148 g/mol. The lowest BCUT2D eigenvalue weighted by molar-refractivity contribution is 0.778. The van der Waals surface area contributed by atoms with Crippen LogP contribution in [0.2, 0.25) is 0 Å². The molecule has 0 spiro atoms. The fourth-order valence-electron chi connectivity index (χ4n) is 0.723. The van der Waals surface area contributed by atoms with Crippen molar-refractivity contribution in [2.75, 3.05) is 0 Å². The third-order valence-electron chi connectivity index (χ3n) is 1.32. The van der Waals surface area contributed by atoms with Crippen LogP contribution < -0.4 is 5.56 Å². The van der Waals surface area contributed by atoms with Crippen LogP contribution in [0.15, 0.2) is 4.79 Å². The fraction of sp³-hybridized carbons (Fsp3) is 0.667. The number of hydrogen-bond donors (Lipinski definition) is 1. The Labute approximate surface area is 63.4 Å². The van der Waals surface area contributed by atoms with Crippen LogP contribution in [0.1, 0.15) is 25.5 Å². The van der Waals surface area contributed by atoms with E-state index in [1.54, 1.807) is 0 Å². The summed E-state index contributed by atoms with van der Waals surface area (Å²) in [7, 11) is 0. The molecule has 0 unspecified atom stereocenters. The maximum atomic E-state index is 10.8. The highest BCUT2D eigenvalue weighted by atomic mass is 32.1. The zero-order chi connectivity index (χ0) is 7.40. The Morgan fingerprint density at radius 3 is 3.00 bits per heavy atom. The molecule has 0 atom stereocenters. The van der Waals surface area contributed by atoms with Gasteiger partial charge < -0.3 is 0 Å². The highest BCUT2D eigenvalue weighted by Crippen LogP contribution is 1.96. The molecule has 1 aromatic heterocycles. The summed E-state index contributed by atoms with van der Waals surface area (Å²) in [5.41, 5.74) is 0.672. The largest absolute Gasteiger partial charge is 0.281 e. The van der Waals surface area contributed by atoms with Crippen LogP contribution in [0.5, 0.6) is 0 Å². The summed E-state index contributed by atoms with van der Waals surface area (Å²) >= 11 is 1.13. The van der Waals surface area contributed by atoms with Crippen molar-refractivity contribution in [2.45, 2.75) is 26.2 Å². The second-order valence-corrected chi connectivity index (χ2v) is 2.73. The first-order valence-corrected chi connectivity index (χ1v) is 4.15. The van der Waals surface area contributed by atoms with Gasteiger partial charge in [0.15, 0.2) is 0 Å². The molecule has 1 heterocycles. The predicted octanol–water partition coefficient (Wildman–Crippen LogP) is 1.17. The zero-order valence-corrected chi connectivity index (χ0v) is 6.70. The van der Waals surface area contributed by atoms with Gasteiger partial charge in [-0.2, -0.15) is 4.37 Å². The van der Waals surface area contributed by atoms with E-state index in [0.717, 1.165) is 31.0 Å². The summed E-state index contributed by atoms with van der Waals surface area (Å²) in [6.45, 7) is 2.10. The molecule has 10 heavy (non-hydrogen) atoms. The third kappa shape index (κ3) is 1.67. The Hall–Kier alpha value is -0.640. The lowest BCUT2D eigenvalue weighted by Crippen LogP contribution is -2.05. The van der Waals surface area contributed by atoms with E-state index in [-0.39, 0.29) is 5.56 Å². The molecule has 1 rings (SSSR count). The van der Waals surface area contributed by atoms with Crippen LogP contribution in [0, 0.1) is 0 Å². The van der Waals surface area contributed by atoms with Crippen LogP contribution in [-0.2, 0) is 6.42 Å². The minimum atomic E-state index is -0.0153. The van der Waals surface area contributed by atoms with Gasteiger partial charge in [-0.1, -0.05) is 13.3 Å². The molecular formula is C6H10N2OS. The van der Waals surface area contributed by atoms with Crippen molar-refractivity contribution in [1.82, 2.24) is 8.75 Å². The Morgan fingerprint density at radius 2 is 2.50 bits per heavy atom. The SMILES string of the molecule is CCCCc1ns[nH]c1=O. The monoisotopic (exact) mass is 158 g/mol. The van der Waals surface area contributed by atoms with Crippen molar-refractivity contribution in [3.05, 3.63) is 16.0 Å². The summed E-state index contributed by atoms with van der Waals surface area (Å²) in [5, 5.41) is 0. The van der Waals surface area contributed by atoms with E-state index in [1.165, 1.54) is 0 Å². The molecule has 0 bridgehead atoms. The molecule has 4 heteroatoms. The average molecular weight is 158 g/mol. The first kappa shape index (κ1) is 7.47. The number of H-pyrrole nitrogens is 1. The Kier molecular flexibility index (Phi) is 2.62. The number of aryl methyl sites for hydroxylation is 1. The number of unbranched alkanes of at least 4 members (excludes halogenated alkanes) is 1. The molecule has 0 amide bonds. The fourth-order valence-corrected chi connectivity index (χ4v) is 1.25. The van der Waals surface area contributed by atoms with Crippen molar-refractivity contribution < 1.29 is 0 Å². The lowest BCUT2D eigenvalue weighted by atomic mass is 10.2. The number of nitrogens with one attached hydrogen (secondary N) is 1. The van der Waals surface area contributed by atoms with Gasteiger partial charge in [-0.15, -0.1) is 0 Å². The van der Waals surface area contributed by atoms with Gasteiger partial charge in [-0.3, -0.25) is 9.17 Å². The highest BCUT2D eigenvalue weighted by molar-refractivity contribution is 6.99. The smallest absolute Gasteiger partial charge is 0.267 e. The summed E-state index contributed by atoms with van der Waals surface area (Å²) in [6, 6.07) is 0. The van der Waals surface area contributed by atoms with Crippen molar-refractivity contribution in [3.63, 3.8) is 0 Å². The van der Waals surface area contributed by atoms with Crippen LogP contribution in [0.4, 0.5) is 0 Å². The molecule has 0 aliphatic heterocycles. The molecule has 0 saturated carbocycles. The minimum absolute atomic E-state index is 0.0153. The molecule has 1 aromatic rings. The van der Waals surface area contributed by atoms with Crippen LogP contribution in [-0.4, -0.2) is 8.75 Å². The average Bonchev–Trinajstić information content (AvgIpc) is 2.31. The second-order valence-electron chi connectivity index (χ2n) is 2.16. The van der Waals surface area contributed by atoms with Crippen LogP contribution >= 0.6 is 11.7 Å². The van der Waals surface area contributed by atoms with E-state index >= 15 is 0 Å². The normalized spacial score (nSPS) is 10.1. The van der Waals surface area contributed by atoms with Gasteiger partial charge in [0.2, 0.25) is 0 Å². The lowest BCUT2D eigenvalue weighted by Gasteiger charge is -1.87. The first-order valence-electron chi connectivity index (χ1n) is 3.38. The number of aromatic amines is 1. The molecule has 0 fully saturated rings. The van der Waals surface area contributed by atoms with E-state index < -0.39 is 0 Å². The minimum Gasteiger partial charge on any atom is -0.267 e. The van der Waals surface area contributed by atoms with Gasteiger partial charge in [-0.05, 0) is 12.8 Å². The van der Waals surface area contributed by atoms with Gasteiger partial charge in [0.1, 0.15) is 5.69 Å². The molecule has 0 aromatic carbocycles. The summed E-state index contributed by atoms with van der Waals surface area (Å²) < 4.78 is 6.48. The molecule has 0 radical (unpaired) electrons. The maximum absolute atomic E-state index is 10.8. The summed E-state index contributed by atoms with van der Waals surface area (Å²) in [5.74, 6) is 0. The van der Waals surface area contributed by atoms with Crippen molar-refractivity contribution in [3.8, 4) is 0 Å². The Morgan fingerprint density at radius 1 is 1.70 bits per heavy atom.